The number of nitrogens with one attached hydrogen (secondary N) is 1. The second-order valence-corrected chi connectivity index (χ2v) is 6.33. The largest absolute Gasteiger partial charge is 0.378 e. The average Bonchev–Trinajstić information content (AvgIpc) is 3.08. The summed E-state index contributed by atoms with van der Waals surface area (Å²) in [5, 5.41) is 3.53. The zero-order valence-corrected chi connectivity index (χ0v) is 12.5. The van der Waals surface area contributed by atoms with Crippen molar-refractivity contribution in [3.8, 4) is 0 Å². The highest BCUT2D eigenvalue weighted by Crippen LogP contribution is 2.28. The second kappa shape index (κ2) is 6.08. The molecule has 2 unspecified atom stereocenters. The first-order chi connectivity index (χ1) is 10.8. The van der Waals surface area contributed by atoms with Gasteiger partial charge in [0.25, 0.3) is 0 Å². The summed E-state index contributed by atoms with van der Waals surface area (Å²) < 4.78 is 16.5. The molecular weight excluding hydrogens is 282 g/mol. The molecular formula is C17H21NO4. The van der Waals surface area contributed by atoms with E-state index in [9.17, 15) is 4.79 Å². The Balaban J connectivity index is 1.45. The Hall–Kier alpha value is -1.27. The quantitative estimate of drug-likeness (QED) is 0.861. The van der Waals surface area contributed by atoms with Crippen LogP contribution < -0.4 is 5.32 Å². The molecule has 5 heteroatoms. The number of piperidine rings is 1. The normalized spacial score (nSPS) is 32.1. The van der Waals surface area contributed by atoms with Gasteiger partial charge >= 0.3 is 0 Å². The molecule has 1 aromatic rings. The van der Waals surface area contributed by atoms with Gasteiger partial charge in [0.05, 0.1) is 26.4 Å². The first-order valence-electron chi connectivity index (χ1n) is 8.01. The number of hydrogen-bond acceptors (Lipinski definition) is 5. The van der Waals surface area contributed by atoms with E-state index in [4.69, 9.17) is 14.2 Å². The summed E-state index contributed by atoms with van der Waals surface area (Å²) in [6.07, 6.45) is 1.46. The van der Waals surface area contributed by atoms with Crippen molar-refractivity contribution in [2.75, 3.05) is 26.4 Å². The third-order valence-corrected chi connectivity index (χ3v) is 4.71. The molecule has 0 radical (unpaired) electrons. The van der Waals surface area contributed by atoms with Gasteiger partial charge in [-0.3, -0.25) is 4.79 Å². The fourth-order valence-electron chi connectivity index (χ4n) is 3.64. The molecule has 22 heavy (non-hydrogen) atoms. The zero-order chi connectivity index (χ0) is 14.9. The fourth-order valence-corrected chi connectivity index (χ4v) is 3.64. The Labute approximate surface area is 129 Å². The van der Waals surface area contributed by atoms with E-state index in [-0.39, 0.29) is 18.0 Å². The van der Waals surface area contributed by atoms with Gasteiger partial charge in [-0.25, -0.2) is 0 Å². The molecule has 3 heterocycles. The number of benzene rings is 1. The molecule has 2 atom stereocenters. The summed E-state index contributed by atoms with van der Waals surface area (Å²) >= 11 is 0. The lowest BCUT2D eigenvalue weighted by Crippen LogP contribution is -2.55. The number of ether oxygens (including phenoxy) is 3. The van der Waals surface area contributed by atoms with E-state index in [1.807, 2.05) is 24.3 Å². The highest BCUT2D eigenvalue weighted by molar-refractivity contribution is 5.98. The maximum atomic E-state index is 12.7. The Morgan fingerprint density at radius 1 is 1.00 bits per heavy atom. The Morgan fingerprint density at radius 2 is 1.64 bits per heavy atom. The van der Waals surface area contributed by atoms with Crippen molar-refractivity contribution in [1.82, 2.24) is 5.32 Å². The van der Waals surface area contributed by atoms with Crippen LogP contribution in [-0.4, -0.2) is 44.3 Å². The predicted octanol–water partition coefficient (Wildman–Crippen LogP) is 1.68. The van der Waals surface area contributed by atoms with Crippen LogP contribution in [0.4, 0.5) is 0 Å². The van der Waals surface area contributed by atoms with Crippen LogP contribution in [0.2, 0.25) is 0 Å². The number of Topliss-reactive ketones (excluding diaryl/α,β-unsaturated/α-hetero) is 1. The molecule has 118 valence electrons. The summed E-state index contributed by atoms with van der Waals surface area (Å²) in [4.78, 5) is 12.7. The number of fused-ring (bicyclic) bond motifs is 2. The number of carbonyl (C=O) groups is 1. The smallest absolute Gasteiger partial charge is 0.184 e. The first kappa shape index (κ1) is 14.3. The molecule has 1 aromatic carbocycles. The summed E-state index contributed by atoms with van der Waals surface area (Å²) in [7, 11) is 0. The molecule has 0 amide bonds. The van der Waals surface area contributed by atoms with E-state index in [0.29, 0.717) is 25.3 Å². The molecule has 0 spiro atoms. The van der Waals surface area contributed by atoms with Gasteiger partial charge in [0.1, 0.15) is 0 Å². The summed E-state index contributed by atoms with van der Waals surface area (Å²) in [5.74, 6) is 0.350. The van der Waals surface area contributed by atoms with Gasteiger partial charge in [0.15, 0.2) is 12.1 Å². The average molecular weight is 303 g/mol. The third-order valence-electron chi connectivity index (χ3n) is 4.71. The molecule has 3 aliphatic rings. The molecule has 3 saturated heterocycles. The molecule has 2 bridgehead atoms. The van der Waals surface area contributed by atoms with Crippen molar-refractivity contribution < 1.29 is 19.0 Å². The van der Waals surface area contributed by atoms with Crippen LogP contribution in [0.25, 0.3) is 0 Å². The Morgan fingerprint density at radius 3 is 2.27 bits per heavy atom. The van der Waals surface area contributed by atoms with Gasteiger partial charge in [0.2, 0.25) is 0 Å². The standard InChI is InChI=1S/C17H21NO4/c19-16(13-7-14-9-20-10-15(8-13)18-14)11-1-3-12(4-2-11)17-21-5-6-22-17/h1-4,13-15,17-18H,5-10H2. The minimum atomic E-state index is -0.278. The van der Waals surface area contributed by atoms with Crippen molar-refractivity contribution >= 4 is 5.78 Å². The molecule has 1 N–H and O–H groups in total. The van der Waals surface area contributed by atoms with E-state index < -0.39 is 0 Å². The predicted molar refractivity (Wildman–Crippen MR) is 79.7 cm³/mol. The number of rotatable bonds is 3. The van der Waals surface area contributed by atoms with Gasteiger partial charge < -0.3 is 19.5 Å². The van der Waals surface area contributed by atoms with Crippen LogP contribution in [0.3, 0.4) is 0 Å². The van der Waals surface area contributed by atoms with Crippen molar-refractivity contribution in [2.24, 2.45) is 5.92 Å². The van der Waals surface area contributed by atoms with Gasteiger partial charge in [-0.2, -0.15) is 0 Å². The minimum Gasteiger partial charge on any atom is -0.378 e. The van der Waals surface area contributed by atoms with Crippen molar-refractivity contribution in [2.45, 2.75) is 31.2 Å². The molecule has 5 nitrogen and oxygen atoms in total. The van der Waals surface area contributed by atoms with Crippen LogP contribution >= 0.6 is 0 Å². The maximum absolute atomic E-state index is 12.7. The molecule has 0 aromatic heterocycles. The van der Waals surface area contributed by atoms with E-state index in [0.717, 1.165) is 37.2 Å². The lowest BCUT2D eigenvalue weighted by atomic mass is 9.82. The second-order valence-electron chi connectivity index (χ2n) is 6.33. The zero-order valence-electron chi connectivity index (χ0n) is 12.5. The van der Waals surface area contributed by atoms with Gasteiger partial charge in [-0.1, -0.05) is 24.3 Å². The molecule has 3 fully saturated rings. The van der Waals surface area contributed by atoms with Crippen molar-refractivity contribution in [3.05, 3.63) is 35.4 Å². The number of ketones is 1. The molecule has 0 saturated carbocycles. The lowest BCUT2D eigenvalue weighted by molar-refractivity contribution is -0.0441. The van der Waals surface area contributed by atoms with E-state index in [1.165, 1.54) is 0 Å². The van der Waals surface area contributed by atoms with Crippen molar-refractivity contribution in [3.63, 3.8) is 0 Å². The third kappa shape index (κ3) is 2.82. The highest BCUT2D eigenvalue weighted by Gasteiger charge is 2.35. The molecule has 3 aliphatic heterocycles. The number of carbonyl (C=O) groups excluding carboxylic acids is 1. The summed E-state index contributed by atoms with van der Waals surface area (Å²) in [6, 6.07) is 8.32. The SMILES string of the molecule is O=C(c1ccc(C2OCCO2)cc1)C1CC2COCC(C1)N2. The van der Waals surface area contributed by atoms with E-state index in [2.05, 4.69) is 5.32 Å². The first-order valence-corrected chi connectivity index (χ1v) is 8.01. The molecule has 4 rings (SSSR count). The minimum absolute atomic E-state index is 0.102. The molecule has 0 aliphatic carbocycles. The monoisotopic (exact) mass is 303 g/mol. The fraction of sp³-hybridized carbons (Fsp3) is 0.588. The van der Waals surface area contributed by atoms with Crippen LogP contribution in [0, 0.1) is 5.92 Å². The van der Waals surface area contributed by atoms with E-state index in [1.54, 1.807) is 0 Å². The maximum Gasteiger partial charge on any atom is 0.184 e. The van der Waals surface area contributed by atoms with Crippen LogP contribution in [-0.2, 0) is 14.2 Å². The van der Waals surface area contributed by atoms with Crippen LogP contribution in [0.5, 0.6) is 0 Å². The number of morpholine rings is 1. The van der Waals surface area contributed by atoms with Crippen molar-refractivity contribution in [1.29, 1.82) is 0 Å². The van der Waals surface area contributed by atoms with Gasteiger partial charge in [0, 0.05) is 29.1 Å². The number of hydrogen-bond donors (Lipinski definition) is 1. The highest BCUT2D eigenvalue weighted by atomic mass is 16.7. The summed E-state index contributed by atoms with van der Waals surface area (Å²) in [5.41, 5.74) is 1.76. The van der Waals surface area contributed by atoms with Gasteiger partial charge in [-0.15, -0.1) is 0 Å². The Kier molecular flexibility index (Phi) is 3.96. The topological polar surface area (TPSA) is 56.8 Å². The van der Waals surface area contributed by atoms with Crippen LogP contribution in [0.1, 0.15) is 35.1 Å². The summed E-state index contributed by atoms with van der Waals surface area (Å²) in [6.45, 7) is 2.70. The lowest BCUT2D eigenvalue weighted by Gasteiger charge is -2.39. The van der Waals surface area contributed by atoms with Gasteiger partial charge in [-0.05, 0) is 12.8 Å². The van der Waals surface area contributed by atoms with E-state index >= 15 is 0 Å². The van der Waals surface area contributed by atoms with Crippen LogP contribution in [0.15, 0.2) is 24.3 Å². The Bertz CT molecular complexity index is 526.